The summed E-state index contributed by atoms with van der Waals surface area (Å²) in [7, 11) is 0. The maximum atomic E-state index is 4.23. The van der Waals surface area contributed by atoms with Crippen LogP contribution in [0.3, 0.4) is 0 Å². The zero-order valence-electron chi connectivity index (χ0n) is 10.2. The fourth-order valence-corrected chi connectivity index (χ4v) is 1.75. The Balaban J connectivity index is 2.36. The third-order valence-corrected chi connectivity index (χ3v) is 2.43. The molecule has 0 aliphatic rings. The van der Waals surface area contributed by atoms with E-state index in [4.69, 9.17) is 0 Å². The van der Waals surface area contributed by atoms with E-state index in [-0.39, 0.29) is 0 Å². The summed E-state index contributed by atoms with van der Waals surface area (Å²) in [4.78, 5) is 4.23. The molecule has 0 saturated carbocycles. The Kier molecular flexibility index (Phi) is 4.75. The summed E-state index contributed by atoms with van der Waals surface area (Å²) in [6, 6.07) is 0.534. The highest BCUT2D eigenvalue weighted by Gasteiger charge is 2.07. The van der Waals surface area contributed by atoms with Crippen molar-refractivity contribution >= 4 is 0 Å². The molecule has 0 bridgehead atoms. The predicted octanol–water partition coefficient (Wildman–Crippen LogP) is 1.82. The summed E-state index contributed by atoms with van der Waals surface area (Å²) in [5.41, 5.74) is 0. The molecule has 0 amide bonds. The van der Waals surface area contributed by atoms with Gasteiger partial charge in [0.05, 0.1) is 6.54 Å². The summed E-state index contributed by atoms with van der Waals surface area (Å²) in [6.07, 6.45) is 2.81. The van der Waals surface area contributed by atoms with E-state index in [9.17, 15) is 0 Å². The fraction of sp³-hybridized carbons (Fsp3) is 0.818. The molecule has 4 heteroatoms. The van der Waals surface area contributed by atoms with Crippen LogP contribution in [-0.2, 0) is 13.1 Å². The molecule has 1 rings (SSSR count). The van der Waals surface area contributed by atoms with Crippen LogP contribution in [0.1, 0.15) is 39.9 Å². The summed E-state index contributed by atoms with van der Waals surface area (Å²) in [6.45, 7) is 10.5. The topological polar surface area (TPSA) is 42.7 Å². The first-order valence-corrected chi connectivity index (χ1v) is 5.73. The van der Waals surface area contributed by atoms with Crippen molar-refractivity contribution in [3.8, 4) is 0 Å². The van der Waals surface area contributed by atoms with Gasteiger partial charge in [-0.1, -0.05) is 13.8 Å². The van der Waals surface area contributed by atoms with Gasteiger partial charge < -0.3 is 5.32 Å². The fourth-order valence-electron chi connectivity index (χ4n) is 1.75. The van der Waals surface area contributed by atoms with Crippen LogP contribution < -0.4 is 5.32 Å². The highest BCUT2D eigenvalue weighted by molar-refractivity contribution is 4.84. The van der Waals surface area contributed by atoms with Gasteiger partial charge in [0.15, 0.2) is 0 Å². The van der Waals surface area contributed by atoms with Crippen LogP contribution in [-0.4, -0.2) is 20.8 Å². The average molecular weight is 210 g/mol. The standard InChI is InChI=1S/C11H22N4/c1-5-15-11(13-8-14-15)7-12-10(4)6-9(2)3/h8-10,12H,5-7H2,1-4H3. The van der Waals surface area contributed by atoms with Crippen LogP contribution >= 0.6 is 0 Å². The Morgan fingerprint density at radius 2 is 2.13 bits per heavy atom. The van der Waals surface area contributed by atoms with Crippen molar-refractivity contribution in [2.75, 3.05) is 0 Å². The maximum absolute atomic E-state index is 4.23. The Hall–Kier alpha value is -0.900. The number of nitrogens with zero attached hydrogens (tertiary/aromatic N) is 3. The largest absolute Gasteiger partial charge is 0.307 e. The molecule has 0 fully saturated rings. The van der Waals surface area contributed by atoms with Crippen molar-refractivity contribution in [2.45, 2.75) is 53.2 Å². The molecule has 0 aliphatic heterocycles. The predicted molar refractivity (Wildman–Crippen MR) is 61.5 cm³/mol. The van der Waals surface area contributed by atoms with Crippen LogP contribution in [0.4, 0.5) is 0 Å². The first-order chi connectivity index (χ1) is 7.13. The summed E-state index contributed by atoms with van der Waals surface area (Å²) >= 11 is 0. The lowest BCUT2D eigenvalue weighted by Crippen LogP contribution is -2.28. The maximum Gasteiger partial charge on any atom is 0.140 e. The molecule has 1 aromatic heterocycles. The molecule has 0 radical (unpaired) electrons. The van der Waals surface area contributed by atoms with E-state index in [2.05, 4.69) is 43.1 Å². The monoisotopic (exact) mass is 210 g/mol. The van der Waals surface area contributed by atoms with Crippen molar-refractivity contribution in [3.05, 3.63) is 12.2 Å². The lowest BCUT2D eigenvalue weighted by atomic mass is 10.1. The zero-order chi connectivity index (χ0) is 11.3. The third-order valence-electron chi connectivity index (χ3n) is 2.43. The van der Waals surface area contributed by atoms with Crippen molar-refractivity contribution in [3.63, 3.8) is 0 Å². The number of hydrogen-bond acceptors (Lipinski definition) is 3. The molecule has 0 spiro atoms. The molecule has 15 heavy (non-hydrogen) atoms. The minimum absolute atomic E-state index is 0.534. The van der Waals surface area contributed by atoms with Crippen LogP contribution in [0, 0.1) is 5.92 Å². The highest BCUT2D eigenvalue weighted by Crippen LogP contribution is 2.04. The van der Waals surface area contributed by atoms with Gasteiger partial charge in [0.1, 0.15) is 12.2 Å². The van der Waals surface area contributed by atoms with Crippen LogP contribution in [0.5, 0.6) is 0 Å². The van der Waals surface area contributed by atoms with Gasteiger partial charge in [0.25, 0.3) is 0 Å². The van der Waals surface area contributed by atoms with E-state index in [1.54, 1.807) is 6.33 Å². The Morgan fingerprint density at radius 1 is 1.40 bits per heavy atom. The smallest absolute Gasteiger partial charge is 0.140 e. The number of nitrogens with one attached hydrogen (secondary N) is 1. The van der Waals surface area contributed by atoms with E-state index in [1.807, 2.05) is 4.68 Å². The Labute approximate surface area is 92.1 Å². The molecule has 1 heterocycles. The second-order valence-corrected chi connectivity index (χ2v) is 4.40. The van der Waals surface area contributed by atoms with Crippen molar-refractivity contribution in [1.82, 2.24) is 20.1 Å². The molecule has 4 nitrogen and oxygen atoms in total. The van der Waals surface area contributed by atoms with Crippen LogP contribution in [0.25, 0.3) is 0 Å². The molecule has 0 aliphatic carbocycles. The lowest BCUT2D eigenvalue weighted by Gasteiger charge is -2.15. The molecule has 1 aromatic rings. The summed E-state index contributed by atoms with van der Waals surface area (Å²) in [5.74, 6) is 1.75. The molecule has 0 saturated heterocycles. The third kappa shape index (κ3) is 4.00. The van der Waals surface area contributed by atoms with Gasteiger partial charge in [-0.25, -0.2) is 9.67 Å². The Bertz CT molecular complexity index is 280. The second kappa shape index (κ2) is 5.85. The van der Waals surface area contributed by atoms with Gasteiger partial charge in [-0.05, 0) is 26.2 Å². The summed E-state index contributed by atoms with van der Waals surface area (Å²) < 4.78 is 1.93. The first kappa shape index (κ1) is 12.2. The minimum Gasteiger partial charge on any atom is -0.307 e. The van der Waals surface area contributed by atoms with Crippen molar-refractivity contribution in [1.29, 1.82) is 0 Å². The Morgan fingerprint density at radius 3 is 2.73 bits per heavy atom. The van der Waals surface area contributed by atoms with E-state index >= 15 is 0 Å². The zero-order valence-corrected chi connectivity index (χ0v) is 10.2. The van der Waals surface area contributed by atoms with Gasteiger partial charge >= 0.3 is 0 Å². The van der Waals surface area contributed by atoms with E-state index in [1.165, 1.54) is 6.42 Å². The van der Waals surface area contributed by atoms with Crippen molar-refractivity contribution in [2.24, 2.45) is 5.92 Å². The van der Waals surface area contributed by atoms with Gasteiger partial charge in [-0.15, -0.1) is 0 Å². The SMILES string of the molecule is CCn1ncnc1CNC(C)CC(C)C. The normalized spacial score (nSPS) is 13.4. The quantitative estimate of drug-likeness (QED) is 0.779. The average Bonchev–Trinajstić information content (AvgIpc) is 2.60. The number of rotatable bonds is 6. The molecule has 86 valence electrons. The van der Waals surface area contributed by atoms with Gasteiger partial charge in [0, 0.05) is 12.6 Å². The number of hydrogen-bond donors (Lipinski definition) is 1. The number of aryl methyl sites for hydroxylation is 1. The lowest BCUT2D eigenvalue weighted by molar-refractivity contribution is 0.430. The minimum atomic E-state index is 0.534. The molecular formula is C11H22N4. The van der Waals surface area contributed by atoms with Gasteiger partial charge in [-0.2, -0.15) is 5.10 Å². The van der Waals surface area contributed by atoms with Gasteiger partial charge in [0.2, 0.25) is 0 Å². The van der Waals surface area contributed by atoms with E-state index in [0.717, 1.165) is 24.8 Å². The second-order valence-electron chi connectivity index (χ2n) is 4.40. The van der Waals surface area contributed by atoms with E-state index in [0.29, 0.717) is 6.04 Å². The number of aromatic nitrogens is 3. The first-order valence-electron chi connectivity index (χ1n) is 5.73. The van der Waals surface area contributed by atoms with Crippen LogP contribution in [0.15, 0.2) is 6.33 Å². The van der Waals surface area contributed by atoms with E-state index < -0.39 is 0 Å². The van der Waals surface area contributed by atoms with Crippen LogP contribution in [0.2, 0.25) is 0 Å². The molecule has 1 unspecified atom stereocenters. The molecule has 1 N–H and O–H groups in total. The molecule has 0 aromatic carbocycles. The summed E-state index contributed by atoms with van der Waals surface area (Å²) in [5, 5.41) is 7.61. The van der Waals surface area contributed by atoms with Gasteiger partial charge in [-0.3, -0.25) is 0 Å². The molecule has 1 atom stereocenters. The highest BCUT2D eigenvalue weighted by atomic mass is 15.3. The molecular weight excluding hydrogens is 188 g/mol. The van der Waals surface area contributed by atoms with Crippen molar-refractivity contribution < 1.29 is 0 Å².